The lowest BCUT2D eigenvalue weighted by Gasteiger charge is -2.21. The van der Waals surface area contributed by atoms with Crippen molar-refractivity contribution in [3.05, 3.63) is 12.3 Å². The van der Waals surface area contributed by atoms with Gasteiger partial charge in [-0.15, -0.1) is 0 Å². The molecule has 1 rings (SSSR count). The molecule has 1 aromatic heterocycles. The topological polar surface area (TPSA) is 84.7 Å². The van der Waals surface area contributed by atoms with E-state index in [1.165, 1.54) is 30.4 Å². The number of hydrogen-bond acceptors (Lipinski definition) is 5. The first-order valence-corrected chi connectivity index (χ1v) is 8.64. The van der Waals surface area contributed by atoms with Gasteiger partial charge >= 0.3 is 0 Å². The number of hydrogen-bond donors (Lipinski definition) is 1. The number of carbonyl (C=O) groups is 2. The molecule has 24 heavy (non-hydrogen) atoms. The molecule has 0 spiro atoms. The predicted molar refractivity (Wildman–Crippen MR) is 91.6 cm³/mol. The van der Waals surface area contributed by atoms with Gasteiger partial charge in [0.2, 0.25) is 11.8 Å². The maximum atomic E-state index is 12.3. The molecule has 0 aliphatic heterocycles. The van der Waals surface area contributed by atoms with Gasteiger partial charge < -0.3 is 19.5 Å². The molecule has 0 fully saturated rings. The Morgan fingerprint density at radius 1 is 1.25 bits per heavy atom. The highest BCUT2D eigenvalue weighted by atomic mass is 16.5. The number of aromatic nitrogens is 1. The number of methoxy groups -OCH3 is 1. The van der Waals surface area contributed by atoms with Crippen LogP contribution < -0.4 is 5.32 Å². The summed E-state index contributed by atoms with van der Waals surface area (Å²) in [5.41, 5.74) is 0. The van der Waals surface area contributed by atoms with Crippen molar-refractivity contribution < 1.29 is 18.8 Å². The maximum absolute atomic E-state index is 12.3. The summed E-state index contributed by atoms with van der Waals surface area (Å²) >= 11 is 0. The summed E-state index contributed by atoms with van der Waals surface area (Å²) in [6.45, 7) is 2.98. The molecule has 0 radical (unpaired) electrons. The van der Waals surface area contributed by atoms with Crippen LogP contribution >= 0.6 is 0 Å². The summed E-state index contributed by atoms with van der Waals surface area (Å²) in [7, 11) is 1.58. The molecule has 0 aliphatic rings. The van der Waals surface area contributed by atoms with Crippen molar-refractivity contribution in [1.82, 2.24) is 10.1 Å². The van der Waals surface area contributed by atoms with Crippen LogP contribution in [0.2, 0.25) is 0 Å². The Morgan fingerprint density at radius 2 is 2.00 bits per heavy atom. The first-order valence-electron chi connectivity index (χ1n) is 8.64. The molecule has 1 heterocycles. The van der Waals surface area contributed by atoms with Gasteiger partial charge in [0.1, 0.15) is 6.26 Å². The van der Waals surface area contributed by atoms with Crippen LogP contribution in [0.5, 0.6) is 0 Å². The number of anilines is 1. The Morgan fingerprint density at radius 3 is 2.67 bits per heavy atom. The number of nitrogens with one attached hydrogen (secondary N) is 1. The van der Waals surface area contributed by atoms with Gasteiger partial charge in [-0.2, -0.15) is 0 Å². The summed E-state index contributed by atoms with van der Waals surface area (Å²) in [6, 6.07) is 1.55. The SMILES string of the molecule is CCCCCCCCC(=O)N(CCOC)CC(=O)Nc1ccon1. The highest BCUT2D eigenvalue weighted by Gasteiger charge is 2.17. The number of unbranched alkanes of at least 4 members (excludes halogenated alkanes) is 5. The van der Waals surface area contributed by atoms with Crippen molar-refractivity contribution in [3.8, 4) is 0 Å². The van der Waals surface area contributed by atoms with Crippen LogP contribution in [0, 0.1) is 0 Å². The molecule has 0 bridgehead atoms. The molecule has 2 amide bonds. The lowest BCUT2D eigenvalue weighted by atomic mass is 10.1. The van der Waals surface area contributed by atoms with E-state index in [0.29, 0.717) is 25.4 Å². The van der Waals surface area contributed by atoms with Crippen LogP contribution in [0.15, 0.2) is 16.9 Å². The Labute approximate surface area is 143 Å². The largest absolute Gasteiger partial charge is 0.383 e. The number of carbonyl (C=O) groups excluding carboxylic acids is 2. The zero-order chi connectivity index (χ0) is 17.6. The van der Waals surface area contributed by atoms with E-state index in [0.717, 1.165) is 19.3 Å². The Kier molecular flexibility index (Phi) is 10.5. The van der Waals surface area contributed by atoms with E-state index in [9.17, 15) is 9.59 Å². The van der Waals surface area contributed by atoms with E-state index < -0.39 is 0 Å². The number of rotatable bonds is 13. The Hall–Kier alpha value is -1.89. The Bertz CT molecular complexity index is 462. The molecule has 7 nitrogen and oxygen atoms in total. The van der Waals surface area contributed by atoms with Crippen molar-refractivity contribution in [3.63, 3.8) is 0 Å². The molecule has 0 saturated heterocycles. The summed E-state index contributed by atoms with van der Waals surface area (Å²) in [4.78, 5) is 25.9. The van der Waals surface area contributed by atoms with Gasteiger partial charge in [-0.25, -0.2) is 0 Å². The lowest BCUT2D eigenvalue weighted by Crippen LogP contribution is -2.39. The third kappa shape index (κ3) is 8.67. The highest BCUT2D eigenvalue weighted by Crippen LogP contribution is 2.09. The molecule has 7 heteroatoms. The molecule has 0 aromatic carbocycles. The van der Waals surface area contributed by atoms with Crippen LogP contribution in [-0.2, 0) is 14.3 Å². The monoisotopic (exact) mass is 339 g/mol. The zero-order valence-corrected chi connectivity index (χ0v) is 14.8. The third-order valence-electron chi connectivity index (χ3n) is 3.70. The average Bonchev–Trinajstić information content (AvgIpc) is 3.07. The summed E-state index contributed by atoms with van der Waals surface area (Å²) < 4.78 is 9.69. The minimum absolute atomic E-state index is 0.00904. The number of amides is 2. The van der Waals surface area contributed by atoms with Gasteiger partial charge in [-0.05, 0) is 6.42 Å². The van der Waals surface area contributed by atoms with E-state index in [4.69, 9.17) is 4.74 Å². The molecule has 0 atom stereocenters. The third-order valence-corrected chi connectivity index (χ3v) is 3.70. The smallest absolute Gasteiger partial charge is 0.245 e. The molecule has 0 unspecified atom stereocenters. The van der Waals surface area contributed by atoms with E-state index in [1.807, 2.05) is 0 Å². The molecule has 1 N–H and O–H groups in total. The van der Waals surface area contributed by atoms with Crippen molar-refractivity contribution >= 4 is 17.6 Å². The van der Waals surface area contributed by atoms with Gasteiger partial charge in [0.15, 0.2) is 5.82 Å². The lowest BCUT2D eigenvalue weighted by molar-refractivity contribution is -0.135. The van der Waals surface area contributed by atoms with E-state index in [-0.39, 0.29) is 18.4 Å². The van der Waals surface area contributed by atoms with Crippen LogP contribution in [0.25, 0.3) is 0 Å². The van der Waals surface area contributed by atoms with Crippen LogP contribution in [0.4, 0.5) is 5.82 Å². The summed E-state index contributed by atoms with van der Waals surface area (Å²) in [6.07, 6.45) is 8.59. The van der Waals surface area contributed by atoms with E-state index in [2.05, 4.69) is 21.9 Å². The van der Waals surface area contributed by atoms with Crippen molar-refractivity contribution in [1.29, 1.82) is 0 Å². The van der Waals surface area contributed by atoms with Crippen molar-refractivity contribution in [2.24, 2.45) is 0 Å². The quantitative estimate of drug-likeness (QED) is 0.559. The van der Waals surface area contributed by atoms with Crippen LogP contribution in [0.3, 0.4) is 0 Å². The van der Waals surface area contributed by atoms with Gasteiger partial charge in [0, 0.05) is 26.1 Å². The number of ether oxygens (including phenoxy) is 1. The van der Waals surface area contributed by atoms with Crippen molar-refractivity contribution in [2.45, 2.75) is 51.9 Å². The second kappa shape index (κ2) is 12.5. The zero-order valence-electron chi connectivity index (χ0n) is 14.8. The van der Waals surface area contributed by atoms with Gasteiger partial charge in [-0.3, -0.25) is 9.59 Å². The Balaban J connectivity index is 2.36. The fraction of sp³-hybridized carbons (Fsp3) is 0.706. The van der Waals surface area contributed by atoms with Crippen molar-refractivity contribution in [2.75, 3.05) is 32.1 Å². The second-order valence-electron chi connectivity index (χ2n) is 5.76. The molecule has 1 aromatic rings. The van der Waals surface area contributed by atoms with Gasteiger partial charge in [0.25, 0.3) is 0 Å². The van der Waals surface area contributed by atoms with Crippen LogP contribution in [-0.4, -0.2) is 48.7 Å². The molecular weight excluding hydrogens is 310 g/mol. The highest BCUT2D eigenvalue weighted by molar-refractivity contribution is 5.93. The fourth-order valence-corrected chi connectivity index (χ4v) is 2.34. The molecule has 136 valence electrons. The van der Waals surface area contributed by atoms with Crippen LogP contribution in [0.1, 0.15) is 51.9 Å². The minimum Gasteiger partial charge on any atom is -0.383 e. The first-order chi connectivity index (χ1) is 11.7. The average molecular weight is 339 g/mol. The molecular formula is C17H29N3O4. The molecule has 0 aliphatic carbocycles. The summed E-state index contributed by atoms with van der Waals surface area (Å²) in [5, 5.41) is 6.22. The normalized spacial score (nSPS) is 10.6. The molecule has 0 saturated carbocycles. The van der Waals surface area contributed by atoms with E-state index >= 15 is 0 Å². The fourth-order valence-electron chi connectivity index (χ4n) is 2.34. The van der Waals surface area contributed by atoms with E-state index in [1.54, 1.807) is 13.2 Å². The number of nitrogens with zero attached hydrogens (tertiary/aromatic N) is 2. The van der Waals surface area contributed by atoms with Gasteiger partial charge in [-0.1, -0.05) is 44.2 Å². The standard InChI is InChI=1S/C17H29N3O4/c1-3-4-5-6-7-8-9-17(22)20(11-13-23-2)14-16(21)18-15-10-12-24-19-15/h10,12H,3-9,11,13-14H2,1-2H3,(H,18,19,21). The maximum Gasteiger partial charge on any atom is 0.245 e. The minimum atomic E-state index is -0.295. The first kappa shape index (κ1) is 20.2. The summed E-state index contributed by atoms with van der Waals surface area (Å²) in [5.74, 6) is 0.0317. The second-order valence-corrected chi connectivity index (χ2v) is 5.76. The van der Waals surface area contributed by atoms with Gasteiger partial charge in [0.05, 0.1) is 13.2 Å². The predicted octanol–water partition coefficient (Wildman–Crippen LogP) is 2.84.